The molecule has 1 rings (SSSR count). The molecule has 0 saturated heterocycles. The maximum atomic E-state index is 6.40. The molecular formula is C34H62NO. The lowest BCUT2D eigenvalue weighted by molar-refractivity contribution is 0.0800. The van der Waals surface area contributed by atoms with Crippen LogP contribution in [0.5, 0.6) is 0 Å². The molecule has 0 amide bonds. The number of anilines is 1. The number of rotatable bonds is 27. The van der Waals surface area contributed by atoms with Crippen LogP contribution in [0.3, 0.4) is 0 Å². The van der Waals surface area contributed by atoms with Crippen LogP contribution in [0.25, 0.3) is 0 Å². The molecule has 0 fully saturated rings. The molecule has 0 N–H and O–H groups in total. The number of hydroxylamine groups is 1. The van der Waals surface area contributed by atoms with Gasteiger partial charge in [-0.3, -0.25) is 9.90 Å². The van der Waals surface area contributed by atoms with Crippen LogP contribution < -0.4 is 5.06 Å². The number of hydrogen-bond donors (Lipinski definition) is 0. The Labute approximate surface area is 226 Å². The van der Waals surface area contributed by atoms with Crippen LogP contribution >= 0.6 is 0 Å². The third-order valence-electron chi connectivity index (χ3n) is 7.54. The van der Waals surface area contributed by atoms with Crippen molar-refractivity contribution in [3.63, 3.8) is 0 Å². The van der Waals surface area contributed by atoms with Gasteiger partial charge >= 0.3 is 0 Å². The van der Waals surface area contributed by atoms with E-state index in [-0.39, 0.29) is 0 Å². The van der Waals surface area contributed by atoms with Crippen LogP contribution in [0.1, 0.15) is 162 Å². The van der Waals surface area contributed by atoms with Crippen LogP contribution in [0, 0.1) is 6.92 Å². The summed E-state index contributed by atoms with van der Waals surface area (Å²) < 4.78 is 0. The number of unbranched alkanes of at least 4 members (excludes halogenated alkanes) is 19. The maximum Gasteiger partial charge on any atom is 0.0748 e. The smallest absolute Gasteiger partial charge is 0.0748 e. The molecule has 0 heterocycles. The summed E-state index contributed by atoms with van der Waals surface area (Å²) in [5.41, 5.74) is 1.18. The van der Waals surface area contributed by atoms with E-state index in [4.69, 9.17) is 4.84 Å². The number of benzene rings is 1. The van der Waals surface area contributed by atoms with E-state index in [1.807, 2.05) is 0 Å². The van der Waals surface area contributed by atoms with Gasteiger partial charge in [-0.1, -0.05) is 167 Å². The minimum Gasteiger partial charge on any atom is -0.273 e. The van der Waals surface area contributed by atoms with Crippen LogP contribution in [-0.4, -0.2) is 12.6 Å². The summed E-state index contributed by atoms with van der Waals surface area (Å²) in [7, 11) is 0. The molecule has 0 unspecified atom stereocenters. The summed E-state index contributed by atoms with van der Waals surface area (Å²) in [5, 5.41) is 2.19. The van der Waals surface area contributed by atoms with Gasteiger partial charge < -0.3 is 0 Å². The SMILES string of the molecule is [CH2]C[C@H](CCCCCCCCCCC)N(OCCCCCCCCCCCCCC)c1ccccc1. The first-order valence-corrected chi connectivity index (χ1v) is 16.1. The third-order valence-corrected chi connectivity index (χ3v) is 7.54. The Bertz CT molecular complexity index is 545. The zero-order valence-corrected chi connectivity index (χ0v) is 24.5. The van der Waals surface area contributed by atoms with Gasteiger partial charge in [-0.15, -0.1) is 0 Å². The van der Waals surface area contributed by atoms with Crippen molar-refractivity contribution in [3.8, 4) is 0 Å². The van der Waals surface area contributed by atoms with Crippen molar-refractivity contribution in [2.75, 3.05) is 11.7 Å². The van der Waals surface area contributed by atoms with Gasteiger partial charge in [-0.2, -0.15) is 0 Å². The molecule has 0 spiro atoms. The Kier molecular flexibility index (Phi) is 23.5. The molecule has 209 valence electrons. The average Bonchev–Trinajstić information content (AvgIpc) is 2.91. The highest BCUT2D eigenvalue weighted by Crippen LogP contribution is 2.23. The van der Waals surface area contributed by atoms with Crippen molar-refractivity contribution in [2.24, 2.45) is 0 Å². The maximum absolute atomic E-state index is 6.40. The van der Waals surface area contributed by atoms with E-state index in [2.05, 4.69) is 56.2 Å². The van der Waals surface area contributed by atoms with Gasteiger partial charge in [0.25, 0.3) is 0 Å². The van der Waals surface area contributed by atoms with Crippen LogP contribution in [0.2, 0.25) is 0 Å². The van der Waals surface area contributed by atoms with Gasteiger partial charge in [-0.25, -0.2) is 0 Å². The Balaban J connectivity index is 2.21. The molecule has 0 aliphatic rings. The second kappa shape index (κ2) is 25.6. The van der Waals surface area contributed by atoms with Crippen LogP contribution in [0.4, 0.5) is 5.69 Å². The number of nitrogens with zero attached hydrogens (tertiary/aromatic N) is 1. The van der Waals surface area contributed by atoms with E-state index < -0.39 is 0 Å². The number of para-hydroxylation sites is 1. The fourth-order valence-corrected chi connectivity index (χ4v) is 5.14. The highest BCUT2D eigenvalue weighted by molar-refractivity contribution is 5.44. The summed E-state index contributed by atoms with van der Waals surface area (Å²) in [6.45, 7) is 9.69. The molecular weight excluding hydrogens is 438 g/mol. The van der Waals surface area contributed by atoms with E-state index in [1.165, 1.54) is 141 Å². The molecule has 0 aliphatic heterocycles. The summed E-state index contributed by atoms with van der Waals surface area (Å²) in [6, 6.07) is 11.1. The van der Waals surface area contributed by atoms with Crippen LogP contribution in [-0.2, 0) is 4.84 Å². The minimum absolute atomic E-state index is 0.370. The van der Waals surface area contributed by atoms with Gasteiger partial charge in [-0.05, 0) is 31.4 Å². The molecule has 1 atom stereocenters. The summed E-state index contributed by atoms with van der Waals surface area (Å²) >= 11 is 0. The van der Waals surface area contributed by atoms with E-state index in [9.17, 15) is 0 Å². The van der Waals surface area contributed by atoms with E-state index in [1.54, 1.807) is 0 Å². The predicted octanol–water partition coefficient (Wildman–Crippen LogP) is 11.6. The minimum atomic E-state index is 0.370. The van der Waals surface area contributed by atoms with Gasteiger partial charge in [0.2, 0.25) is 0 Å². The van der Waals surface area contributed by atoms with Crippen LogP contribution in [0.15, 0.2) is 30.3 Å². The molecule has 0 saturated carbocycles. The van der Waals surface area contributed by atoms with Crippen molar-refractivity contribution in [1.29, 1.82) is 0 Å². The topological polar surface area (TPSA) is 12.5 Å². The molecule has 2 nitrogen and oxygen atoms in total. The first kappa shape index (κ1) is 33.0. The first-order chi connectivity index (χ1) is 17.8. The second-order valence-electron chi connectivity index (χ2n) is 10.9. The normalized spacial score (nSPS) is 12.2. The van der Waals surface area contributed by atoms with Crippen molar-refractivity contribution < 1.29 is 4.84 Å². The highest BCUT2D eigenvalue weighted by atomic mass is 16.7. The lowest BCUT2D eigenvalue weighted by Gasteiger charge is -2.32. The average molecular weight is 501 g/mol. The van der Waals surface area contributed by atoms with Crippen molar-refractivity contribution in [1.82, 2.24) is 0 Å². The van der Waals surface area contributed by atoms with Gasteiger partial charge in [0.1, 0.15) is 0 Å². The van der Waals surface area contributed by atoms with E-state index in [0.29, 0.717) is 6.04 Å². The third kappa shape index (κ3) is 18.3. The lowest BCUT2D eigenvalue weighted by atomic mass is 10.0. The van der Waals surface area contributed by atoms with E-state index >= 15 is 0 Å². The molecule has 0 aliphatic carbocycles. The Morgan fingerprint density at radius 1 is 0.583 bits per heavy atom. The van der Waals surface area contributed by atoms with Crippen molar-refractivity contribution in [2.45, 2.75) is 168 Å². The Morgan fingerprint density at radius 2 is 1.00 bits per heavy atom. The first-order valence-electron chi connectivity index (χ1n) is 16.1. The zero-order chi connectivity index (χ0) is 25.9. The predicted molar refractivity (Wildman–Crippen MR) is 162 cm³/mol. The molecule has 0 bridgehead atoms. The summed E-state index contributed by atoms with van der Waals surface area (Å²) in [5.74, 6) is 0. The second-order valence-corrected chi connectivity index (χ2v) is 10.9. The van der Waals surface area contributed by atoms with Gasteiger partial charge in [0.05, 0.1) is 18.3 Å². The standard InChI is InChI=1S/C34H62NO/c1-4-7-9-11-13-15-16-17-19-21-23-28-32-36-35(34-30-26-24-27-31-34)33(6-3)29-25-22-20-18-14-12-10-8-5-2/h24,26-27,30-31,33H,3-23,25,28-29,32H2,1-2H3/t33-/m1/s1. The highest BCUT2D eigenvalue weighted by Gasteiger charge is 2.18. The Morgan fingerprint density at radius 3 is 1.44 bits per heavy atom. The molecule has 36 heavy (non-hydrogen) atoms. The molecule has 1 aromatic rings. The fraction of sp³-hybridized carbons (Fsp3) is 0.794. The molecule has 0 aromatic heterocycles. The quantitative estimate of drug-likeness (QED) is 0.0879. The molecule has 2 heteroatoms. The number of hydrogen-bond acceptors (Lipinski definition) is 2. The van der Waals surface area contributed by atoms with Crippen molar-refractivity contribution >= 4 is 5.69 Å². The molecule has 1 aromatic carbocycles. The fourth-order valence-electron chi connectivity index (χ4n) is 5.14. The van der Waals surface area contributed by atoms with E-state index in [0.717, 1.165) is 19.4 Å². The molecule has 1 radical (unpaired) electrons. The Hall–Kier alpha value is -1.02. The van der Waals surface area contributed by atoms with Crippen molar-refractivity contribution in [3.05, 3.63) is 37.3 Å². The lowest BCUT2D eigenvalue weighted by Crippen LogP contribution is -2.35. The summed E-state index contributed by atoms with van der Waals surface area (Å²) in [4.78, 5) is 6.40. The van der Waals surface area contributed by atoms with Gasteiger partial charge in [0.15, 0.2) is 0 Å². The van der Waals surface area contributed by atoms with Gasteiger partial charge in [0, 0.05) is 0 Å². The monoisotopic (exact) mass is 500 g/mol. The largest absolute Gasteiger partial charge is 0.273 e. The zero-order valence-electron chi connectivity index (χ0n) is 24.5. The summed E-state index contributed by atoms with van der Waals surface area (Å²) in [6.07, 6.45) is 31.0.